The second-order valence-corrected chi connectivity index (χ2v) is 4.98. The molecule has 2 N–H and O–H groups in total. The molecule has 0 saturated heterocycles. The zero-order valence-corrected chi connectivity index (χ0v) is 9.70. The molecule has 0 aromatic carbocycles. The lowest BCUT2D eigenvalue weighted by molar-refractivity contribution is 0.743. The molecular weight excluding hydrogens is 218 g/mol. The van der Waals surface area contributed by atoms with Crippen molar-refractivity contribution < 1.29 is 0 Å². The highest BCUT2D eigenvalue weighted by atomic mass is 32.1. The van der Waals surface area contributed by atoms with E-state index in [4.69, 9.17) is 5.73 Å². The minimum absolute atomic E-state index is 0.591. The molecule has 3 nitrogen and oxygen atoms in total. The summed E-state index contributed by atoms with van der Waals surface area (Å²) in [5, 5.41) is 2.18. The minimum Gasteiger partial charge on any atom is -0.384 e. The molecule has 16 heavy (non-hydrogen) atoms. The molecule has 4 heteroatoms. The maximum absolute atomic E-state index is 5.70. The van der Waals surface area contributed by atoms with Gasteiger partial charge in [0.1, 0.15) is 5.82 Å². The Morgan fingerprint density at radius 1 is 1.38 bits per heavy atom. The van der Waals surface area contributed by atoms with Crippen molar-refractivity contribution in [2.24, 2.45) is 0 Å². The fourth-order valence-corrected chi connectivity index (χ4v) is 2.99. The van der Waals surface area contributed by atoms with E-state index in [-0.39, 0.29) is 0 Å². The highest BCUT2D eigenvalue weighted by molar-refractivity contribution is 7.10. The number of anilines is 2. The van der Waals surface area contributed by atoms with Crippen molar-refractivity contribution in [2.45, 2.75) is 13.0 Å². The van der Waals surface area contributed by atoms with Crippen LogP contribution in [0.2, 0.25) is 0 Å². The fraction of sp³-hybridized carbons (Fsp3) is 0.250. The zero-order chi connectivity index (χ0) is 11.0. The Labute approximate surface area is 98.5 Å². The first-order valence-electron chi connectivity index (χ1n) is 5.34. The molecule has 0 amide bonds. The van der Waals surface area contributed by atoms with Crippen molar-refractivity contribution in [3.8, 4) is 0 Å². The largest absolute Gasteiger partial charge is 0.384 e. The van der Waals surface area contributed by atoms with Gasteiger partial charge in [-0.3, -0.25) is 0 Å². The van der Waals surface area contributed by atoms with Crippen LogP contribution < -0.4 is 10.6 Å². The first-order chi connectivity index (χ1) is 7.83. The minimum atomic E-state index is 0.591. The van der Waals surface area contributed by atoms with Gasteiger partial charge in [0.05, 0.1) is 0 Å². The SMILES string of the molecule is Nc1cc(N2CCc3sccc3C2)ccn1. The highest BCUT2D eigenvalue weighted by Crippen LogP contribution is 2.27. The van der Waals surface area contributed by atoms with Gasteiger partial charge in [0, 0.05) is 35.9 Å². The number of thiophene rings is 1. The number of hydrogen-bond acceptors (Lipinski definition) is 4. The number of rotatable bonds is 1. The van der Waals surface area contributed by atoms with Gasteiger partial charge in [-0.2, -0.15) is 0 Å². The van der Waals surface area contributed by atoms with Crippen molar-refractivity contribution in [1.82, 2.24) is 4.98 Å². The van der Waals surface area contributed by atoms with Crippen LogP contribution in [0.1, 0.15) is 10.4 Å². The number of nitrogens with two attached hydrogens (primary N) is 1. The predicted molar refractivity (Wildman–Crippen MR) is 67.7 cm³/mol. The Morgan fingerprint density at radius 2 is 2.31 bits per heavy atom. The van der Waals surface area contributed by atoms with E-state index in [0.29, 0.717) is 5.82 Å². The second-order valence-electron chi connectivity index (χ2n) is 3.98. The van der Waals surface area contributed by atoms with Crippen LogP contribution in [0.15, 0.2) is 29.8 Å². The van der Waals surface area contributed by atoms with Gasteiger partial charge in [0.15, 0.2) is 0 Å². The average Bonchev–Trinajstić information content (AvgIpc) is 2.75. The highest BCUT2D eigenvalue weighted by Gasteiger charge is 2.17. The van der Waals surface area contributed by atoms with Crippen molar-refractivity contribution in [3.63, 3.8) is 0 Å². The molecule has 1 aliphatic heterocycles. The Morgan fingerprint density at radius 3 is 3.19 bits per heavy atom. The molecule has 3 rings (SSSR count). The number of aromatic nitrogens is 1. The van der Waals surface area contributed by atoms with Gasteiger partial charge in [0.2, 0.25) is 0 Å². The van der Waals surface area contributed by atoms with Gasteiger partial charge in [-0.15, -0.1) is 11.3 Å². The third kappa shape index (κ3) is 1.65. The lowest BCUT2D eigenvalue weighted by atomic mass is 10.1. The van der Waals surface area contributed by atoms with E-state index < -0.39 is 0 Å². The predicted octanol–water partition coefficient (Wildman–Crippen LogP) is 2.29. The molecule has 0 unspecified atom stereocenters. The Bertz CT molecular complexity index is 506. The van der Waals surface area contributed by atoms with Gasteiger partial charge in [-0.05, 0) is 29.5 Å². The Hall–Kier alpha value is -1.55. The first-order valence-corrected chi connectivity index (χ1v) is 6.22. The summed E-state index contributed by atoms with van der Waals surface area (Å²) < 4.78 is 0. The quantitative estimate of drug-likeness (QED) is 0.818. The van der Waals surface area contributed by atoms with Crippen LogP contribution in [0, 0.1) is 0 Å². The van der Waals surface area contributed by atoms with Crippen LogP contribution in [-0.4, -0.2) is 11.5 Å². The molecule has 0 fully saturated rings. The maximum Gasteiger partial charge on any atom is 0.125 e. The smallest absolute Gasteiger partial charge is 0.125 e. The molecule has 0 spiro atoms. The van der Waals surface area contributed by atoms with Crippen LogP contribution in [-0.2, 0) is 13.0 Å². The van der Waals surface area contributed by atoms with E-state index in [9.17, 15) is 0 Å². The summed E-state index contributed by atoms with van der Waals surface area (Å²) in [7, 11) is 0. The fourth-order valence-electron chi connectivity index (χ4n) is 2.10. The maximum atomic E-state index is 5.70. The van der Waals surface area contributed by atoms with E-state index in [1.165, 1.54) is 16.1 Å². The van der Waals surface area contributed by atoms with Crippen LogP contribution in [0.3, 0.4) is 0 Å². The average molecular weight is 231 g/mol. The topological polar surface area (TPSA) is 42.1 Å². The van der Waals surface area contributed by atoms with E-state index in [1.54, 1.807) is 6.20 Å². The molecule has 1 aliphatic rings. The summed E-state index contributed by atoms with van der Waals surface area (Å²) in [6, 6.07) is 6.18. The summed E-state index contributed by atoms with van der Waals surface area (Å²) in [6.45, 7) is 2.05. The molecule has 0 saturated carbocycles. The molecule has 3 heterocycles. The molecular formula is C12H13N3S. The monoisotopic (exact) mass is 231 g/mol. The van der Waals surface area contributed by atoms with Gasteiger partial charge in [0.25, 0.3) is 0 Å². The van der Waals surface area contributed by atoms with Crippen LogP contribution in [0.5, 0.6) is 0 Å². The van der Waals surface area contributed by atoms with E-state index in [2.05, 4.69) is 21.3 Å². The molecule has 0 bridgehead atoms. The number of nitrogen functional groups attached to an aromatic ring is 1. The lowest BCUT2D eigenvalue weighted by Crippen LogP contribution is -2.29. The summed E-state index contributed by atoms with van der Waals surface area (Å²) in [5.74, 6) is 0.591. The summed E-state index contributed by atoms with van der Waals surface area (Å²) in [5.41, 5.74) is 8.33. The van der Waals surface area contributed by atoms with Crippen LogP contribution in [0.25, 0.3) is 0 Å². The molecule has 0 radical (unpaired) electrons. The van der Waals surface area contributed by atoms with Crippen molar-refractivity contribution in [2.75, 3.05) is 17.2 Å². The molecule has 0 aliphatic carbocycles. The zero-order valence-electron chi connectivity index (χ0n) is 8.89. The second kappa shape index (κ2) is 3.79. The normalized spacial score (nSPS) is 14.9. The van der Waals surface area contributed by atoms with Gasteiger partial charge in [-0.25, -0.2) is 4.98 Å². The van der Waals surface area contributed by atoms with Crippen LogP contribution >= 0.6 is 11.3 Å². The number of fused-ring (bicyclic) bond motifs is 1. The summed E-state index contributed by atoms with van der Waals surface area (Å²) in [6.07, 6.45) is 2.91. The van der Waals surface area contributed by atoms with Gasteiger partial charge < -0.3 is 10.6 Å². The van der Waals surface area contributed by atoms with E-state index in [1.807, 2.05) is 23.5 Å². The first kappa shape index (κ1) is 9.66. The summed E-state index contributed by atoms with van der Waals surface area (Å²) >= 11 is 1.86. The van der Waals surface area contributed by atoms with Crippen molar-refractivity contribution in [3.05, 3.63) is 40.2 Å². The Kier molecular flexibility index (Phi) is 2.29. The standard InChI is InChI=1S/C12H13N3S/c13-12-7-10(1-4-14-12)15-5-2-11-9(8-15)3-6-16-11/h1,3-4,6-7H,2,5,8H2,(H2,13,14). The number of nitrogens with zero attached hydrogens (tertiary/aromatic N) is 2. The van der Waals surface area contributed by atoms with E-state index >= 15 is 0 Å². The summed E-state index contributed by atoms with van der Waals surface area (Å²) in [4.78, 5) is 7.90. The van der Waals surface area contributed by atoms with Gasteiger partial charge in [-0.1, -0.05) is 0 Å². The molecule has 2 aromatic rings. The molecule has 0 atom stereocenters. The van der Waals surface area contributed by atoms with Crippen molar-refractivity contribution >= 4 is 22.8 Å². The van der Waals surface area contributed by atoms with Crippen LogP contribution in [0.4, 0.5) is 11.5 Å². The van der Waals surface area contributed by atoms with Gasteiger partial charge >= 0.3 is 0 Å². The number of hydrogen-bond donors (Lipinski definition) is 1. The van der Waals surface area contributed by atoms with E-state index in [0.717, 1.165) is 19.5 Å². The lowest BCUT2D eigenvalue weighted by Gasteiger charge is -2.29. The Balaban J connectivity index is 1.88. The third-order valence-electron chi connectivity index (χ3n) is 2.94. The molecule has 82 valence electrons. The third-order valence-corrected chi connectivity index (χ3v) is 3.96. The number of pyridine rings is 1. The molecule has 2 aromatic heterocycles. The van der Waals surface area contributed by atoms with Crippen molar-refractivity contribution in [1.29, 1.82) is 0 Å².